The van der Waals surface area contributed by atoms with Crippen LogP contribution in [0.4, 0.5) is 0 Å². The van der Waals surface area contributed by atoms with Gasteiger partial charge in [-0.05, 0) is 55.3 Å². The van der Waals surface area contributed by atoms with Gasteiger partial charge in [-0.15, -0.1) is 11.3 Å². The number of nitrogens with two attached hydrogens (primary N) is 1. The second-order valence-electron chi connectivity index (χ2n) is 9.83. The zero-order valence-electron chi connectivity index (χ0n) is 21.8. The number of furan rings is 1. The van der Waals surface area contributed by atoms with Gasteiger partial charge in [0.05, 0.1) is 16.9 Å². The van der Waals surface area contributed by atoms with Gasteiger partial charge in [0.1, 0.15) is 16.9 Å². The zero-order chi connectivity index (χ0) is 27.8. The molecule has 0 aliphatic carbocycles. The number of carbonyl (C=O) groups excluding carboxylic acids is 1. The number of benzene rings is 2. The van der Waals surface area contributed by atoms with Crippen molar-refractivity contribution in [1.29, 1.82) is 0 Å². The highest BCUT2D eigenvalue weighted by atomic mass is 35.5. The Morgan fingerprint density at radius 2 is 1.87 bits per heavy atom. The maximum Gasteiger partial charge on any atom is 0.297 e. The molecule has 0 saturated carbocycles. The summed E-state index contributed by atoms with van der Waals surface area (Å²) in [6.45, 7) is 6.74. The van der Waals surface area contributed by atoms with E-state index in [0.29, 0.717) is 37.2 Å². The Hall–Kier alpha value is -3.17. The third-order valence-corrected chi connectivity index (χ3v) is 8.12. The summed E-state index contributed by atoms with van der Waals surface area (Å²) in [7, 11) is 0. The van der Waals surface area contributed by atoms with Crippen LogP contribution in [-0.2, 0) is 6.54 Å². The summed E-state index contributed by atoms with van der Waals surface area (Å²) in [6, 6.07) is 15.7. The molecule has 5 rings (SSSR count). The van der Waals surface area contributed by atoms with Crippen molar-refractivity contribution in [1.82, 2.24) is 14.5 Å². The number of carbonyl (C=O) groups is 1. The number of hydrogen-bond acceptors (Lipinski definition) is 6. The molecule has 3 aromatic heterocycles. The molecule has 0 aliphatic rings. The van der Waals surface area contributed by atoms with Gasteiger partial charge in [0.25, 0.3) is 11.5 Å². The van der Waals surface area contributed by atoms with Crippen molar-refractivity contribution < 1.29 is 9.21 Å². The van der Waals surface area contributed by atoms with Crippen molar-refractivity contribution in [2.45, 2.75) is 33.4 Å². The van der Waals surface area contributed by atoms with Crippen LogP contribution in [0, 0.1) is 12.8 Å². The molecule has 202 valence electrons. The first kappa shape index (κ1) is 27.4. The Morgan fingerprint density at radius 1 is 1.13 bits per heavy atom. The number of fused-ring (bicyclic) bond motifs is 3. The highest BCUT2D eigenvalue weighted by molar-refractivity contribution is 7.16. The van der Waals surface area contributed by atoms with Crippen LogP contribution in [0.2, 0.25) is 9.36 Å². The highest BCUT2D eigenvalue weighted by Crippen LogP contribution is 2.34. The van der Waals surface area contributed by atoms with Crippen molar-refractivity contribution in [3.63, 3.8) is 0 Å². The fourth-order valence-electron chi connectivity index (χ4n) is 4.85. The monoisotopic (exact) mass is 582 g/mol. The molecule has 0 spiro atoms. The Morgan fingerprint density at radius 3 is 2.51 bits per heavy atom. The molecule has 0 aliphatic heterocycles. The quantitative estimate of drug-likeness (QED) is 0.220. The van der Waals surface area contributed by atoms with Gasteiger partial charge in [-0.3, -0.25) is 14.2 Å². The summed E-state index contributed by atoms with van der Waals surface area (Å²) in [5, 5.41) is 1.14. The van der Waals surface area contributed by atoms with Gasteiger partial charge in [-0.1, -0.05) is 54.7 Å². The van der Waals surface area contributed by atoms with Gasteiger partial charge in [0.2, 0.25) is 5.58 Å². The lowest BCUT2D eigenvalue weighted by atomic mass is 9.99. The molecule has 2 N–H and O–H groups in total. The normalized spacial score (nSPS) is 12.5. The zero-order valence-corrected chi connectivity index (χ0v) is 24.1. The fourth-order valence-corrected chi connectivity index (χ4v) is 6.10. The van der Waals surface area contributed by atoms with Gasteiger partial charge in [0.15, 0.2) is 0 Å². The molecule has 7 nitrogen and oxygen atoms in total. The average molecular weight is 584 g/mol. The second kappa shape index (κ2) is 11.1. The minimum Gasteiger partial charge on any atom is -0.448 e. The third-order valence-electron chi connectivity index (χ3n) is 6.67. The molecular weight excluding hydrogens is 555 g/mol. The van der Waals surface area contributed by atoms with E-state index in [9.17, 15) is 9.59 Å². The van der Waals surface area contributed by atoms with Gasteiger partial charge < -0.3 is 15.1 Å². The number of nitrogens with zero attached hydrogens (tertiary/aromatic N) is 3. The lowest BCUT2D eigenvalue weighted by molar-refractivity contribution is 0.0612. The van der Waals surface area contributed by atoms with Gasteiger partial charge >= 0.3 is 0 Å². The van der Waals surface area contributed by atoms with Crippen molar-refractivity contribution in [3.05, 3.63) is 96.1 Å². The van der Waals surface area contributed by atoms with E-state index in [1.165, 1.54) is 11.3 Å². The average Bonchev–Trinajstić information content (AvgIpc) is 3.48. The molecule has 0 bridgehead atoms. The number of halogens is 2. The van der Waals surface area contributed by atoms with Crippen LogP contribution < -0.4 is 11.3 Å². The predicted molar refractivity (Wildman–Crippen MR) is 158 cm³/mol. The van der Waals surface area contributed by atoms with E-state index in [1.54, 1.807) is 33.7 Å². The molecular formula is C29H28Cl2N4O3S. The van der Waals surface area contributed by atoms with Crippen LogP contribution in [0.25, 0.3) is 22.1 Å². The summed E-state index contributed by atoms with van der Waals surface area (Å²) < 4.78 is 8.18. The van der Waals surface area contributed by atoms with E-state index in [2.05, 4.69) is 0 Å². The molecule has 0 fully saturated rings. The van der Waals surface area contributed by atoms with Crippen LogP contribution in [0.5, 0.6) is 0 Å². The van der Waals surface area contributed by atoms with Gasteiger partial charge in [0, 0.05) is 33.9 Å². The molecule has 3 heterocycles. The fraction of sp³-hybridized carbons (Fsp3) is 0.276. The van der Waals surface area contributed by atoms with E-state index in [4.69, 9.17) is 38.3 Å². The summed E-state index contributed by atoms with van der Waals surface area (Å²) >= 11 is 13.9. The number of rotatable bonds is 8. The Balaban J connectivity index is 1.76. The molecule has 1 amide bonds. The van der Waals surface area contributed by atoms with Crippen molar-refractivity contribution in [3.8, 4) is 0 Å². The summed E-state index contributed by atoms with van der Waals surface area (Å²) in [6.07, 6.45) is 0. The van der Waals surface area contributed by atoms with Crippen LogP contribution in [-0.4, -0.2) is 33.4 Å². The minimum atomic E-state index is -0.556. The van der Waals surface area contributed by atoms with Gasteiger partial charge in [-0.2, -0.15) is 0 Å². The number of aryl methyl sites for hydroxylation is 1. The minimum absolute atomic E-state index is 0.102. The maximum atomic E-state index is 14.0. The number of thiophene rings is 1. The molecule has 1 atom stereocenters. The van der Waals surface area contributed by atoms with Crippen LogP contribution in [0.15, 0.2) is 63.8 Å². The lowest BCUT2D eigenvalue weighted by Gasteiger charge is -2.35. The third kappa shape index (κ3) is 5.34. The summed E-state index contributed by atoms with van der Waals surface area (Å²) in [5.41, 5.74) is 8.33. The lowest BCUT2D eigenvalue weighted by Crippen LogP contribution is -2.43. The van der Waals surface area contributed by atoms with Gasteiger partial charge in [-0.25, -0.2) is 4.98 Å². The molecule has 39 heavy (non-hydrogen) atoms. The van der Waals surface area contributed by atoms with E-state index in [0.717, 1.165) is 10.4 Å². The first-order chi connectivity index (χ1) is 18.7. The molecule has 5 aromatic rings. The predicted octanol–water partition coefficient (Wildman–Crippen LogP) is 6.67. The van der Waals surface area contributed by atoms with E-state index >= 15 is 0 Å². The molecule has 0 saturated heterocycles. The molecule has 0 radical (unpaired) electrons. The summed E-state index contributed by atoms with van der Waals surface area (Å²) in [4.78, 5) is 35.6. The first-order valence-electron chi connectivity index (χ1n) is 12.6. The Labute approximate surface area is 239 Å². The van der Waals surface area contributed by atoms with E-state index in [-0.39, 0.29) is 42.6 Å². The second-order valence-corrected chi connectivity index (χ2v) is 12.1. The van der Waals surface area contributed by atoms with E-state index in [1.807, 2.05) is 51.1 Å². The SMILES string of the molecule is Cc1ccc(C(=O)N(CCN)C(c2nc3c(oc4ccc(Cl)cc43)c(=O)n2Cc2ccc(Cl)s2)C(C)C)cc1. The maximum absolute atomic E-state index is 14.0. The number of aromatic nitrogens is 2. The molecule has 10 heteroatoms. The smallest absolute Gasteiger partial charge is 0.297 e. The van der Waals surface area contributed by atoms with Crippen molar-refractivity contribution >= 4 is 62.5 Å². The molecule has 2 aromatic carbocycles. The first-order valence-corrected chi connectivity index (χ1v) is 14.2. The number of amides is 1. The van der Waals surface area contributed by atoms with Crippen LogP contribution >= 0.6 is 34.5 Å². The number of hydrogen-bond donors (Lipinski definition) is 1. The largest absolute Gasteiger partial charge is 0.448 e. The van der Waals surface area contributed by atoms with Crippen LogP contribution in [0.3, 0.4) is 0 Å². The Kier molecular flexibility index (Phi) is 7.82. The highest BCUT2D eigenvalue weighted by Gasteiger charge is 2.33. The Bertz CT molecular complexity index is 1720. The van der Waals surface area contributed by atoms with Crippen LogP contribution in [0.1, 0.15) is 46.5 Å². The van der Waals surface area contributed by atoms with Crippen molar-refractivity contribution in [2.24, 2.45) is 11.7 Å². The topological polar surface area (TPSA) is 94.4 Å². The summed E-state index contributed by atoms with van der Waals surface area (Å²) in [5.74, 6) is 0.165. The van der Waals surface area contributed by atoms with E-state index < -0.39 is 6.04 Å². The standard InChI is InChI=1S/C29H28Cl2N4O3S/c1-16(2)25(34(13-12-32)28(36)18-6-4-17(3)5-7-18)27-33-24-21-14-19(30)8-10-22(21)38-26(24)29(37)35(27)15-20-9-11-23(31)39-20/h4-11,14,16,25H,12-13,15,32H2,1-3H3. The molecule has 1 unspecified atom stereocenters. The van der Waals surface area contributed by atoms with Crippen molar-refractivity contribution in [2.75, 3.05) is 13.1 Å².